The predicted octanol–water partition coefficient (Wildman–Crippen LogP) is 2.05. The van der Waals surface area contributed by atoms with Crippen LogP contribution in [0.5, 0.6) is 11.6 Å². The molecule has 110 valence electrons. The summed E-state index contributed by atoms with van der Waals surface area (Å²) in [6.45, 7) is 0.791. The van der Waals surface area contributed by atoms with Crippen LogP contribution in [-0.4, -0.2) is 23.9 Å². The van der Waals surface area contributed by atoms with Gasteiger partial charge in [0.15, 0.2) is 0 Å². The molecule has 0 bridgehead atoms. The van der Waals surface area contributed by atoms with Crippen molar-refractivity contribution >= 4 is 0 Å². The van der Waals surface area contributed by atoms with Gasteiger partial charge in [0.25, 0.3) is 0 Å². The minimum atomic E-state index is -0.118. The molecule has 5 nitrogen and oxygen atoms in total. The Morgan fingerprint density at radius 2 is 2.19 bits per heavy atom. The van der Waals surface area contributed by atoms with Crippen LogP contribution >= 0.6 is 0 Å². The molecule has 0 amide bonds. The van der Waals surface area contributed by atoms with Crippen LogP contribution in [0, 0.1) is 0 Å². The summed E-state index contributed by atoms with van der Waals surface area (Å²) in [6.07, 6.45) is 2.75. The molecule has 0 saturated heterocycles. The van der Waals surface area contributed by atoms with E-state index in [2.05, 4.69) is 28.4 Å². The van der Waals surface area contributed by atoms with Gasteiger partial charge in [-0.3, -0.25) is 0 Å². The molecule has 1 unspecified atom stereocenters. The minimum Gasteiger partial charge on any atom is -0.493 e. The van der Waals surface area contributed by atoms with Gasteiger partial charge in [0.2, 0.25) is 5.88 Å². The summed E-state index contributed by atoms with van der Waals surface area (Å²) in [6, 6.07) is 9.91. The number of rotatable bonds is 5. The van der Waals surface area contributed by atoms with Crippen LogP contribution in [0.4, 0.5) is 0 Å². The van der Waals surface area contributed by atoms with Gasteiger partial charge in [-0.15, -0.1) is 5.10 Å². The summed E-state index contributed by atoms with van der Waals surface area (Å²) < 4.78 is 10.5. The standard InChI is InChI=1S/C16H19N3O2/c1-20-16-7-5-14(18-19-16)13(17)4-2-11-3-6-15-12(10-11)8-9-21-15/h3,5-7,10,13H,2,4,8-9,17H2,1H3. The maximum Gasteiger partial charge on any atom is 0.233 e. The van der Waals surface area contributed by atoms with Crippen LogP contribution in [0.2, 0.25) is 0 Å². The van der Waals surface area contributed by atoms with Crippen molar-refractivity contribution in [2.24, 2.45) is 5.73 Å². The van der Waals surface area contributed by atoms with E-state index >= 15 is 0 Å². The lowest BCUT2D eigenvalue weighted by atomic mass is 10.0. The molecule has 1 atom stereocenters. The van der Waals surface area contributed by atoms with Gasteiger partial charge in [0.05, 0.1) is 19.4 Å². The fourth-order valence-corrected chi connectivity index (χ4v) is 2.50. The highest BCUT2D eigenvalue weighted by Gasteiger charge is 2.13. The van der Waals surface area contributed by atoms with Crippen LogP contribution < -0.4 is 15.2 Å². The van der Waals surface area contributed by atoms with Crippen molar-refractivity contribution in [2.75, 3.05) is 13.7 Å². The van der Waals surface area contributed by atoms with Crippen molar-refractivity contribution < 1.29 is 9.47 Å². The van der Waals surface area contributed by atoms with E-state index < -0.39 is 0 Å². The van der Waals surface area contributed by atoms with Gasteiger partial charge >= 0.3 is 0 Å². The van der Waals surface area contributed by atoms with E-state index in [1.807, 2.05) is 6.07 Å². The molecular formula is C16H19N3O2. The Kier molecular flexibility index (Phi) is 4.01. The topological polar surface area (TPSA) is 70.3 Å². The lowest BCUT2D eigenvalue weighted by molar-refractivity contribution is 0.357. The van der Waals surface area contributed by atoms with E-state index in [4.69, 9.17) is 15.2 Å². The van der Waals surface area contributed by atoms with E-state index in [1.165, 1.54) is 11.1 Å². The number of methoxy groups -OCH3 is 1. The summed E-state index contributed by atoms with van der Waals surface area (Å²) in [5, 5.41) is 8.05. The number of fused-ring (bicyclic) bond motifs is 1. The Morgan fingerprint density at radius 1 is 1.29 bits per heavy atom. The molecule has 21 heavy (non-hydrogen) atoms. The number of ether oxygens (including phenoxy) is 2. The molecule has 1 aromatic carbocycles. The first-order valence-corrected chi connectivity index (χ1v) is 7.14. The molecule has 2 heterocycles. The van der Waals surface area contributed by atoms with Crippen LogP contribution in [-0.2, 0) is 12.8 Å². The lowest BCUT2D eigenvalue weighted by Crippen LogP contribution is -2.13. The summed E-state index contributed by atoms with van der Waals surface area (Å²) in [5.41, 5.74) is 9.56. The normalized spacial score (nSPS) is 14.4. The fraction of sp³-hybridized carbons (Fsp3) is 0.375. The van der Waals surface area contributed by atoms with E-state index in [0.29, 0.717) is 5.88 Å². The van der Waals surface area contributed by atoms with Crippen molar-refractivity contribution in [3.63, 3.8) is 0 Å². The van der Waals surface area contributed by atoms with Gasteiger partial charge < -0.3 is 15.2 Å². The number of nitrogens with two attached hydrogens (primary N) is 1. The molecule has 0 radical (unpaired) electrons. The van der Waals surface area contributed by atoms with Gasteiger partial charge in [-0.2, -0.15) is 5.10 Å². The summed E-state index contributed by atoms with van der Waals surface area (Å²) in [4.78, 5) is 0. The zero-order valence-corrected chi connectivity index (χ0v) is 12.1. The van der Waals surface area contributed by atoms with Gasteiger partial charge in [-0.05, 0) is 36.1 Å². The highest BCUT2D eigenvalue weighted by Crippen LogP contribution is 2.27. The van der Waals surface area contributed by atoms with Crippen LogP contribution in [0.3, 0.4) is 0 Å². The number of nitrogens with zero attached hydrogens (tertiary/aromatic N) is 2. The average Bonchev–Trinajstić information content (AvgIpc) is 3.00. The zero-order valence-electron chi connectivity index (χ0n) is 12.1. The highest BCUT2D eigenvalue weighted by molar-refractivity contribution is 5.39. The van der Waals surface area contributed by atoms with Crippen molar-refractivity contribution in [3.8, 4) is 11.6 Å². The molecule has 2 aromatic rings. The molecule has 1 aliphatic heterocycles. The molecule has 3 rings (SSSR count). The van der Waals surface area contributed by atoms with Crippen LogP contribution in [0.1, 0.15) is 29.3 Å². The Morgan fingerprint density at radius 3 is 2.95 bits per heavy atom. The SMILES string of the molecule is COc1ccc(C(N)CCc2ccc3c(c2)CCO3)nn1. The molecule has 0 aliphatic carbocycles. The van der Waals surface area contributed by atoms with Crippen molar-refractivity contribution in [2.45, 2.75) is 25.3 Å². The monoisotopic (exact) mass is 285 g/mol. The minimum absolute atomic E-state index is 0.118. The molecular weight excluding hydrogens is 266 g/mol. The molecule has 0 spiro atoms. The predicted molar refractivity (Wildman–Crippen MR) is 79.5 cm³/mol. The van der Waals surface area contributed by atoms with Gasteiger partial charge in [0, 0.05) is 18.5 Å². The maximum absolute atomic E-state index is 6.18. The Balaban J connectivity index is 1.61. The number of benzene rings is 1. The number of aromatic nitrogens is 2. The Hall–Kier alpha value is -2.14. The molecule has 2 N–H and O–H groups in total. The van der Waals surface area contributed by atoms with Crippen molar-refractivity contribution in [1.29, 1.82) is 0 Å². The number of hydrogen-bond acceptors (Lipinski definition) is 5. The molecule has 1 aliphatic rings. The number of hydrogen-bond donors (Lipinski definition) is 1. The average molecular weight is 285 g/mol. The first kappa shape index (κ1) is 13.8. The second-order valence-corrected chi connectivity index (χ2v) is 5.19. The van der Waals surface area contributed by atoms with Gasteiger partial charge in [-0.25, -0.2) is 0 Å². The third-order valence-corrected chi connectivity index (χ3v) is 3.75. The van der Waals surface area contributed by atoms with Gasteiger partial charge in [0.1, 0.15) is 5.75 Å². The second-order valence-electron chi connectivity index (χ2n) is 5.19. The van der Waals surface area contributed by atoms with E-state index in [0.717, 1.165) is 37.3 Å². The third-order valence-electron chi connectivity index (χ3n) is 3.75. The molecule has 0 saturated carbocycles. The van der Waals surface area contributed by atoms with E-state index in [1.54, 1.807) is 13.2 Å². The molecule has 1 aromatic heterocycles. The van der Waals surface area contributed by atoms with E-state index in [-0.39, 0.29) is 6.04 Å². The first-order valence-electron chi connectivity index (χ1n) is 7.14. The fourth-order valence-electron chi connectivity index (χ4n) is 2.50. The Bertz CT molecular complexity index is 613. The quantitative estimate of drug-likeness (QED) is 0.910. The van der Waals surface area contributed by atoms with E-state index in [9.17, 15) is 0 Å². The Labute approximate surface area is 124 Å². The van der Waals surface area contributed by atoms with Crippen LogP contribution in [0.15, 0.2) is 30.3 Å². The van der Waals surface area contributed by atoms with Crippen molar-refractivity contribution in [3.05, 3.63) is 47.2 Å². The molecule has 0 fully saturated rings. The molecule has 5 heteroatoms. The summed E-state index contributed by atoms with van der Waals surface area (Å²) in [7, 11) is 1.57. The highest BCUT2D eigenvalue weighted by atomic mass is 16.5. The summed E-state index contributed by atoms with van der Waals surface area (Å²) in [5.74, 6) is 1.52. The summed E-state index contributed by atoms with van der Waals surface area (Å²) >= 11 is 0. The lowest BCUT2D eigenvalue weighted by Gasteiger charge is -2.11. The van der Waals surface area contributed by atoms with Crippen LogP contribution in [0.25, 0.3) is 0 Å². The maximum atomic E-state index is 6.18. The number of aryl methyl sites for hydroxylation is 1. The second kappa shape index (κ2) is 6.10. The zero-order chi connectivity index (χ0) is 14.7. The van der Waals surface area contributed by atoms with Crippen molar-refractivity contribution in [1.82, 2.24) is 10.2 Å². The van der Waals surface area contributed by atoms with Gasteiger partial charge in [-0.1, -0.05) is 12.1 Å². The third kappa shape index (κ3) is 3.13. The first-order chi connectivity index (χ1) is 10.3. The largest absolute Gasteiger partial charge is 0.493 e. The smallest absolute Gasteiger partial charge is 0.233 e.